The number of esters is 1. The fraction of sp³-hybridized carbons (Fsp3) is 0.304. The molecule has 0 spiro atoms. The molecule has 4 unspecified atom stereocenters. The van der Waals surface area contributed by atoms with Crippen molar-refractivity contribution in [1.29, 1.82) is 5.26 Å². The third-order valence-corrected chi connectivity index (χ3v) is 6.06. The number of nitrogens with zero attached hydrogens (tertiary/aromatic N) is 1. The molecular formula is C23H21Br2NO3. The van der Waals surface area contributed by atoms with Crippen molar-refractivity contribution in [2.24, 2.45) is 17.3 Å². The van der Waals surface area contributed by atoms with Gasteiger partial charge in [-0.2, -0.15) is 5.26 Å². The van der Waals surface area contributed by atoms with Crippen molar-refractivity contribution in [2.45, 2.75) is 26.4 Å². The number of benzene rings is 2. The summed E-state index contributed by atoms with van der Waals surface area (Å²) in [6, 6.07) is 18.5. The number of nitriles is 1. The van der Waals surface area contributed by atoms with Crippen molar-refractivity contribution < 1.29 is 14.3 Å². The number of hydrogen-bond donors (Lipinski definition) is 0. The summed E-state index contributed by atoms with van der Waals surface area (Å²) >= 11 is 6.74. The van der Waals surface area contributed by atoms with Gasteiger partial charge < -0.3 is 9.47 Å². The summed E-state index contributed by atoms with van der Waals surface area (Å²) in [6.07, 6.45) is 1.84. The number of carbonyl (C=O) groups excluding carboxylic acids is 1. The highest BCUT2D eigenvalue weighted by Crippen LogP contribution is 2.63. The summed E-state index contributed by atoms with van der Waals surface area (Å²) in [4.78, 5) is 12.8. The molecule has 3 rings (SSSR count). The number of allylic oxidation sites excluding steroid dienone is 1. The zero-order chi connectivity index (χ0) is 21.0. The first-order chi connectivity index (χ1) is 13.9. The van der Waals surface area contributed by atoms with E-state index in [0.717, 1.165) is 9.81 Å². The highest BCUT2D eigenvalue weighted by molar-refractivity contribution is 9.28. The van der Waals surface area contributed by atoms with E-state index in [0.29, 0.717) is 17.1 Å². The van der Waals surface area contributed by atoms with Crippen LogP contribution in [0.25, 0.3) is 0 Å². The van der Waals surface area contributed by atoms with E-state index < -0.39 is 6.10 Å². The molecule has 1 saturated carbocycles. The highest BCUT2D eigenvalue weighted by Gasteiger charge is 2.63. The minimum Gasteiger partial charge on any atom is -0.457 e. The maximum absolute atomic E-state index is 12.8. The number of hydrogen-bond acceptors (Lipinski definition) is 4. The van der Waals surface area contributed by atoms with E-state index in [-0.39, 0.29) is 23.2 Å². The monoisotopic (exact) mass is 517 g/mol. The fourth-order valence-corrected chi connectivity index (χ4v) is 4.19. The molecule has 1 fully saturated rings. The van der Waals surface area contributed by atoms with Crippen molar-refractivity contribution >= 4 is 37.8 Å². The second kappa shape index (κ2) is 9.15. The molecule has 1 aliphatic rings. The summed E-state index contributed by atoms with van der Waals surface area (Å²) in [5.41, 5.74) is 0.421. The Morgan fingerprint density at radius 3 is 2.52 bits per heavy atom. The fourth-order valence-electron chi connectivity index (χ4n) is 3.62. The molecular weight excluding hydrogens is 498 g/mol. The molecule has 0 amide bonds. The molecule has 2 aromatic rings. The maximum atomic E-state index is 12.8. The van der Waals surface area contributed by atoms with E-state index in [2.05, 4.69) is 51.8 Å². The second-order valence-electron chi connectivity index (χ2n) is 7.25. The Labute approximate surface area is 187 Å². The van der Waals surface area contributed by atoms with Crippen LogP contribution in [0.5, 0.6) is 11.5 Å². The molecule has 0 aromatic heterocycles. The largest absolute Gasteiger partial charge is 0.457 e. The van der Waals surface area contributed by atoms with Crippen molar-refractivity contribution in [3.05, 3.63) is 69.6 Å². The minimum absolute atomic E-state index is 0.0702. The molecule has 2 aromatic carbocycles. The Bertz CT molecular complexity index is 950. The number of rotatable bonds is 7. The number of halogens is 2. The van der Waals surface area contributed by atoms with Crippen LogP contribution < -0.4 is 4.74 Å². The first-order valence-corrected chi connectivity index (χ1v) is 10.9. The Morgan fingerprint density at radius 2 is 1.90 bits per heavy atom. The molecule has 0 aliphatic heterocycles. The van der Waals surface area contributed by atoms with Gasteiger partial charge >= 0.3 is 5.97 Å². The molecule has 4 nitrogen and oxygen atoms in total. The van der Waals surface area contributed by atoms with Crippen LogP contribution in [-0.4, -0.2) is 5.97 Å². The zero-order valence-electron chi connectivity index (χ0n) is 16.1. The van der Waals surface area contributed by atoms with E-state index >= 15 is 0 Å². The van der Waals surface area contributed by atoms with Gasteiger partial charge in [-0.25, -0.2) is 0 Å². The maximum Gasteiger partial charge on any atom is 0.311 e. The van der Waals surface area contributed by atoms with Gasteiger partial charge in [-0.15, -0.1) is 0 Å². The summed E-state index contributed by atoms with van der Waals surface area (Å²) in [5.74, 6) is 0.733. The van der Waals surface area contributed by atoms with Gasteiger partial charge in [0.1, 0.15) is 17.6 Å². The molecule has 1 aliphatic carbocycles. The number of carbonyl (C=O) groups is 1. The smallest absolute Gasteiger partial charge is 0.311 e. The van der Waals surface area contributed by atoms with Crippen molar-refractivity contribution in [2.75, 3.05) is 0 Å². The lowest BCUT2D eigenvalue weighted by Gasteiger charge is -2.14. The zero-order valence-corrected chi connectivity index (χ0v) is 19.3. The van der Waals surface area contributed by atoms with Gasteiger partial charge in [0, 0.05) is 5.56 Å². The average molecular weight is 519 g/mol. The second-order valence-corrected chi connectivity index (χ2v) is 10.0. The van der Waals surface area contributed by atoms with Crippen LogP contribution in [0.2, 0.25) is 0 Å². The molecule has 0 bridgehead atoms. The minimum atomic E-state index is -0.986. The average Bonchev–Trinajstić information content (AvgIpc) is 3.30. The molecule has 150 valence electrons. The van der Waals surface area contributed by atoms with Crippen LogP contribution >= 0.6 is 31.9 Å². The molecule has 29 heavy (non-hydrogen) atoms. The van der Waals surface area contributed by atoms with Crippen molar-refractivity contribution in [1.82, 2.24) is 0 Å². The molecule has 0 N–H and O–H groups in total. The lowest BCUT2D eigenvalue weighted by atomic mass is 10.0. The Morgan fingerprint density at radius 1 is 1.21 bits per heavy atom. The molecule has 0 heterocycles. The summed E-state index contributed by atoms with van der Waals surface area (Å²) in [7, 11) is 0. The Kier molecular flexibility index (Phi) is 6.81. The van der Waals surface area contributed by atoms with Crippen LogP contribution in [0.3, 0.4) is 0 Å². The predicted molar refractivity (Wildman–Crippen MR) is 119 cm³/mol. The molecule has 0 radical (unpaired) electrons. The third kappa shape index (κ3) is 4.91. The third-order valence-electron chi connectivity index (χ3n) is 5.53. The van der Waals surface area contributed by atoms with Gasteiger partial charge in [-0.3, -0.25) is 4.79 Å². The summed E-state index contributed by atoms with van der Waals surface area (Å²) < 4.78 is 12.2. The SMILES string of the molecule is CCC1(C)C(C=C(Br)Br)C1C(=O)OC(C#N)c1cccc(Oc2ccccc2)c1. The van der Waals surface area contributed by atoms with Gasteiger partial charge in [-0.05, 0) is 73.9 Å². The van der Waals surface area contributed by atoms with E-state index in [1.165, 1.54) is 0 Å². The van der Waals surface area contributed by atoms with Crippen molar-refractivity contribution in [3.63, 3.8) is 0 Å². The molecule has 6 heteroatoms. The Balaban J connectivity index is 1.74. The standard InChI is InChI=1S/C23H21Br2NO3/c1-3-23(2)18(13-20(24)25)21(23)22(27)29-19(14-26)15-8-7-11-17(12-15)28-16-9-5-4-6-10-16/h4-13,18-19,21H,3H2,1-2H3. The van der Waals surface area contributed by atoms with E-state index in [4.69, 9.17) is 9.47 Å². The quantitative estimate of drug-likeness (QED) is 0.375. The summed E-state index contributed by atoms with van der Waals surface area (Å²) in [6.45, 7) is 4.13. The van der Waals surface area contributed by atoms with Gasteiger partial charge in [0.05, 0.1) is 9.31 Å². The van der Waals surface area contributed by atoms with Crippen molar-refractivity contribution in [3.8, 4) is 17.6 Å². The first kappa shape index (κ1) is 21.6. The first-order valence-electron chi connectivity index (χ1n) is 9.35. The van der Waals surface area contributed by atoms with E-state index in [1.807, 2.05) is 36.4 Å². The van der Waals surface area contributed by atoms with Gasteiger partial charge in [0.25, 0.3) is 0 Å². The van der Waals surface area contributed by atoms with E-state index in [1.54, 1.807) is 24.3 Å². The number of para-hydroxylation sites is 1. The topological polar surface area (TPSA) is 59.3 Å². The van der Waals surface area contributed by atoms with Crippen LogP contribution in [0.1, 0.15) is 31.9 Å². The number of ether oxygens (including phenoxy) is 2. The van der Waals surface area contributed by atoms with Crippen LogP contribution in [0, 0.1) is 28.6 Å². The van der Waals surface area contributed by atoms with Gasteiger partial charge in [-0.1, -0.05) is 50.3 Å². The van der Waals surface area contributed by atoms with Gasteiger partial charge in [0.2, 0.25) is 6.10 Å². The van der Waals surface area contributed by atoms with E-state index in [9.17, 15) is 10.1 Å². The lowest BCUT2D eigenvalue weighted by molar-refractivity contribution is -0.149. The van der Waals surface area contributed by atoms with Crippen LogP contribution in [0.4, 0.5) is 0 Å². The predicted octanol–water partition coefficient (Wildman–Crippen LogP) is 6.88. The van der Waals surface area contributed by atoms with Crippen LogP contribution in [0.15, 0.2) is 64.1 Å². The lowest BCUT2D eigenvalue weighted by Crippen LogP contribution is -2.15. The molecule has 0 saturated heterocycles. The molecule has 4 atom stereocenters. The normalized spacial score (nSPS) is 23.4. The Hall–Kier alpha value is -2.10. The highest BCUT2D eigenvalue weighted by atomic mass is 79.9. The summed E-state index contributed by atoms with van der Waals surface area (Å²) in [5, 5.41) is 9.61. The van der Waals surface area contributed by atoms with Gasteiger partial charge in [0.15, 0.2) is 0 Å². The van der Waals surface area contributed by atoms with Crippen LogP contribution in [-0.2, 0) is 9.53 Å².